The van der Waals surface area contributed by atoms with Crippen molar-refractivity contribution in [3.05, 3.63) is 59.8 Å². The third kappa shape index (κ3) is 3.86. The first-order valence-corrected chi connectivity index (χ1v) is 9.31. The Labute approximate surface area is 163 Å². The van der Waals surface area contributed by atoms with Gasteiger partial charge in [0.05, 0.1) is 25.3 Å². The van der Waals surface area contributed by atoms with Gasteiger partial charge in [-0.2, -0.15) is 0 Å². The van der Waals surface area contributed by atoms with Crippen LogP contribution in [0.1, 0.15) is 42.2 Å². The topological polar surface area (TPSA) is 80.4 Å². The van der Waals surface area contributed by atoms with Crippen molar-refractivity contribution in [1.82, 2.24) is 4.98 Å². The number of amides is 1. The number of hydrogen-bond donors (Lipinski definition) is 2. The van der Waals surface area contributed by atoms with Gasteiger partial charge in [-0.1, -0.05) is 37.3 Å². The minimum Gasteiger partial charge on any atom is -0.497 e. The second-order valence-corrected chi connectivity index (χ2v) is 6.37. The Kier molecular flexibility index (Phi) is 5.99. The van der Waals surface area contributed by atoms with E-state index in [9.17, 15) is 9.59 Å². The summed E-state index contributed by atoms with van der Waals surface area (Å²) < 4.78 is 10.4. The van der Waals surface area contributed by atoms with E-state index in [4.69, 9.17) is 9.47 Å². The number of aromatic amines is 1. The number of anilines is 1. The number of carbonyl (C=O) groups excluding carboxylic acids is 2. The molecule has 3 rings (SSSR count). The monoisotopic (exact) mass is 380 g/mol. The second kappa shape index (κ2) is 8.61. The van der Waals surface area contributed by atoms with E-state index in [1.165, 1.54) is 0 Å². The maximum atomic E-state index is 13.1. The Hall–Kier alpha value is -3.28. The van der Waals surface area contributed by atoms with Crippen LogP contribution in [-0.2, 0) is 9.53 Å². The van der Waals surface area contributed by atoms with E-state index in [1.807, 2.05) is 37.3 Å². The fraction of sp³-hybridized carbons (Fsp3) is 0.273. The minimum atomic E-state index is -0.513. The lowest BCUT2D eigenvalue weighted by atomic mass is 9.95. The van der Waals surface area contributed by atoms with E-state index >= 15 is 0 Å². The zero-order valence-corrected chi connectivity index (χ0v) is 16.2. The van der Waals surface area contributed by atoms with Crippen molar-refractivity contribution < 1.29 is 19.1 Å². The highest BCUT2D eigenvalue weighted by Gasteiger charge is 2.25. The SMILES string of the molecule is CCOC(=O)c1[nH]c2ccc(OC)cc2c1NC(=O)[C@@H](CC)c1ccccc1. The molecule has 1 heterocycles. The van der Waals surface area contributed by atoms with Crippen LogP contribution in [0.4, 0.5) is 5.69 Å². The van der Waals surface area contributed by atoms with Crippen LogP contribution in [0.5, 0.6) is 5.75 Å². The van der Waals surface area contributed by atoms with Crippen molar-refractivity contribution in [2.24, 2.45) is 0 Å². The van der Waals surface area contributed by atoms with Crippen molar-refractivity contribution in [3.8, 4) is 5.75 Å². The maximum absolute atomic E-state index is 13.1. The molecule has 0 spiro atoms. The van der Waals surface area contributed by atoms with Gasteiger partial charge in [0.1, 0.15) is 11.4 Å². The summed E-state index contributed by atoms with van der Waals surface area (Å²) in [6, 6.07) is 15.0. The van der Waals surface area contributed by atoms with Crippen LogP contribution < -0.4 is 10.1 Å². The summed E-state index contributed by atoms with van der Waals surface area (Å²) in [5.41, 5.74) is 2.28. The summed E-state index contributed by atoms with van der Waals surface area (Å²) in [5.74, 6) is -0.386. The van der Waals surface area contributed by atoms with Crippen LogP contribution in [0.25, 0.3) is 10.9 Å². The number of methoxy groups -OCH3 is 1. The first-order valence-electron chi connectivity index (χ1n) is 9.31. The highest BCUT2D eigenvalue weighted by molar-refractivity contribution is 6.12. The number of hydrogen-bond acceptors (Lipinski definition) is 4. The van der Waals surface area contributed by atoms with Gasteiger partial charge in [-0.25, -0.2) is 4.79 Å². The molecule has 3 aromatic rings. The van der Waals surface area contributed by atoms with Gasteiger partial charge in [-0.15, -0.1) is 0 Å². The fourth-order valence-electron chi connectivity index (χ4n) is 3.25. The molecule has 0 saturated carbocycles. The Morgan fingerprint density at radius 2 is 1.86 bits per heavy atom. The molecule has 0 bridgehead atoms. The molecular formula is C22H24N2O4. The number of esters is 1. The van der Waals surface area contributed by atoms with Crippen molar-refractivity contribution in [3.63, 3.8) is 0 Å². The van der Waals surface area contributed by atoms with Crippen molar-refractivity contribution in [2.45, 2.75) is 26.2 Å². The fourth-order valence-corrected chi connectivity index (χ4v) is 3.25. The number of rotatable bonds is 7. The minimum absolute atomic E-state index is 0.178. The van der Waals surface area contributed by atoms with Crippen LogP contribution in [0, 0.1) is 0 Å². The van der Waals surface area contributed by atoms with Gasteiger partial charge in [-0.05, 0) is 37.1 Å². The zero-order valence-electron chi connectivity index (χ0n) is 16.2. The van der Waals surface area contributed by atoms with Crippen LogP contribution in [0.15, 0.2) is 48.5 Å². The number of carbonyl (C=O) groups is 2. The highest BCUT2D eigenvalue weighted by atomic mass is 16.5. The number of H-pyrrole nitrogens is 1. The first-order chi connectivity index (χ1) is 13.6. The molecule has 1 atom stereocenters. The second-order valence-electron chi connectivity index (χ2n) is 6.37. The smallest absolute Gasteiger partial charge is 0.356 e. The molecule has 1 amide bonds. The molecule has 0 aliphatic rings. The number of aromatic nitrogens is 1. The van der Waals surface area contributed by atoms with Gasteiger partial charge in [0.2, 0.25) is 5.91 Å². The molecule has 0 saturated heterocycles. The lowest BCUT2D eigenvalue weighted by Gasteiger charge is -2.16. The van der Waals surface area contributed by atoms with Crippen LogP contribution in [0.3, 0.4) is 0 Å². The normalized spacial score (nSPS) is 11.8. The van der Waals surface area contributed by atoms with Gasteiger partial charge < -0.3 is 19.8 Å². The quantitative estimate of drug-likeness (QED) is 0.592. The Morgan fingerprint density at radius 1 is 1.11 bits per heavy atom. The molecule has 1 aromatic heterocycles. The van der Waals surface area contributed by atoms with E-state index in [1.54, 1.807) is 32.2 Å². The van der Waals surface area contributed by atoms with Gasteiger partial charge >= 0.3 is 5.97 Å². The van der Waals surface area contributed by atoms with Crippen LogP contribution in [0.2, 0.25) is 0 Å². The summed E-state index contributed by atoms with van der Waals surface area (Å²) in [6.45, 7) is 3.94. The van der Waals surface area contributed by atoms with Gasteiger partial charge in [-0.3, -0.25) is 4.79 Å². The Morgan fingerprint density at radius 3 is 2.50 bits per heavy atom. The molecule has 2 N–H and O–H groups in total. The predicted molar refractivity (Wildman–Crippen MR) is 109 cm³/mol. The lowest BCUT2D eigenvalue weighted by molar-refractivity contribution is -0.117. The van der Waals surface area contributed by atoms with Crippen LogP contribution in [-0.4, -0.2) is 30.6 Å². The van der Waals surface area contributed by atoms with E-state index < -0.39 is 5.97 Å². The van der Waals surface area contributed by atoms with E-state index in [0.29, 0.717) is 28.8 Å². The molecule has 0 aliphatic heterocycles. The zero-order chi connectivity index (χ0) is 20.1. The molecule has 0 fully saturated rings. The Balaban J connectivity index is 2.03. The summed E-state index contributed by atoms with van der Waals surface area (Å²) >= 11 is 0. The average Bonchev–Trinajstić information content (AvgIpc) is 3.07. The van der Waals surface area contributed by atoms with Crippen molar-refractivity contribution in [1.29, 1.82) is 0 Å². The molecule has 28 heavy (non-hydrogen) atoms. The average molecular weight is 380 g/mol. The van der Waals surface area contributed by atoms with E-state index in [-0.39, 0.29) is 24.1 Å². The third-order valence-electron chi connectivity index (χ3n) is 4.66. The third-order valence-corrected chi connectivity index (χ3v) is 4.66. The molecule has 6 heteroatoms. The molecule has 0 aliphatic carbocycles. The number of nitrogens with one attached hydrogen (secondary N) is 2. The van der Waals surface area contributed by atoms with Crippen molar-refractivity contribution >= 4 is 28.5 Å². The van der Waals surface area contributed by atoms with Crippen molar-refractivity contribution in [2.75, 3.05) is 19.0 Å². The van der Waals surface area contributed by atoms with E-state index in [2.05, 4.69) is 10.3 Å². The first kappa shape index (κ1) is 19.5. The Bertz CT molecular complexity index is 979. The highest BCUT2D eigenvalue weighted by Crippen LogP contribution is 2.33. The number of ether oxygens (including phenoxy) is 2. The summed E-state index contributed by atoms with van der Waals surface area (Å²) in [6.07, 6.45) is 0.635. The van der Waals surface area contributed by atoms with Gasteiger partial charge in [0.25, 0.3) is 0 Å². The molecule has 146 valence electrons. The molecule has 0 radical (unpaired) electrons. The molecule has 2 aromatic carbocycles. The predicted octanol–water partition coefficient (Wildman–Crippen LogP) is 4.49. The standard InChI is InChI=1S/C22H24N2O4/c1-4-16(14-9-7-6-8-10-14)21(25)24-19-17-13-15(27-3)11-12-18(17)23-20(19)22(26)28-5-2/h6-13,16,23H,4-5H2,1-3H3,(H,24,25)/t16-/m0/s1. The molecular weight excluding hydrogens is 356 g/mol. The van der Waals surface area contributed by atoms with Crippen LogP contribution >= 0.6 is 0 Å². The largest absolute Gasteiger partial charge is 0.497 e. The molecule has 0 unspecified atom stereocenters. The number of benzene rings is 2. The maximum Gasteiger partial charge on any atom is 0.356 e. The lowest BCUT2D eigenvalue weighted by Crippen LogP contribution is -2.22. The molecule has 6 nitrogen and oxygen atoms in total. The summed E-state index contributed by atoms with van der Waals surface area (Å²) in [4.78, 5) is 28.6. The summed E-state index contributed by atoms with van der Waals surface area (Å²) in [7, 11) is 1.57. The summed E-state index contributed by atoms with van der Waals surface area (Å²) in [5, 5.41) is 3.64. The van der Waals surface area contributed by atoms with E-state index in [0.717, 1.165) is 5.56 Å². The number of fused-ring (bicyclic) bond motifs is 1. The van der Waals surface area contributed by atoms with Gasteiger partial charge in [0, 0.05) is 10.9 Å². The van der Waals surface area contributed by atoms with Gasteiger partial charge in [0.15, 0.2) is 0 Å².